The van der Waals surface area contributed by atoms with Crippen LogP contribution in [0.3, 0.4) is 0 Å². The van der Waals surface area contributed by atoms with Crippen molar-refractivity contribution in [2.75, 3.05) is 32.6 Å². The van der Waals surface area contributed by atoms with Gasteiger partial charge in [0.1, 0.15) is 5.75 Å². The number of carbonyl (C=O) groups is 1. The summed E-state index contributed by atoms with van der Waals surface area (Å²) in [5.41, 5.74) is 1.42. The largest absolute Gasteiger partial charge is 0.493 e. The topological polar surface area (TPSA) is 70.2 Å². The van der Waals surface area contributed by atoms with E-state index in [1.54, 1.807) is 12.1 Å². The molecule has 130 valence electrons. The molecule has 0 spiro atoms. The zero-order chi connectivity index (χ0) is 17.6. The van der Waals surface area contributed by atoms with Crippen molar-refractivity contribution in [3.8, 4) is 5.75 Å². The number of aromatic amines is 1. The number of hydrogen-bond donors (Lipinski definition) is 2. The van der Waals surface area contributed by atoms with Crippen molar-refractivity contribution in [1.82, 2.24) is 15.1 Å². The Balaban J connectivity index is 1.67. The van der Waals surface area contributed by atoms with Crippen molar-refractivity contribution >= 4 is 22.6 Å². The highest BCUT2D eigenvalue weighted by Crippen LogP contribution is 2.25. The number of anilines is 1. The first-order valence-corrected chi connectivity index (χ1v) is 8.25. The van der Waals surface area contributed by atoms with Gasteiger partial charge < -0.3 is 15.0 Å². The van der Waals surface area contributed by atoms with Gasteiger partial charge in [0.05, 0.1) is 12.1 Å². The zero-order valence-corrected chi connectivity index (χ0v) is 14.5. The molecule has 0 fully saturated rings. The van der Waals surface area contributed by atoms with Crippen LogP contribution in [0.1, 0.15) is 16.8 Å². The van der Waals surface area contributed by atoms with Crippen LogP contribution >= 0.6 is 0 Å². The number of carbonyl (C=O) groups excluding carboxylic acids is 1. The standard InChI is InChI=1S/C19H22N4O2/c1-23(2)11-6-12-25-15-9-10-16-17(13-15)21-22-18(16)20-19(24)14-7-4-3-5-8-14/h3-5,7-10,13H,6,11-12H2,1-2H3,(H2,20,21,22,24). The van der Waals surface area contributed by atoms with Crippen LogP contribution in [-0.4, -0.2) is 48.3 Å². The smallest absolute Gasteiger partial charge is 0.256 e. The van der Waals surface area contributed by atoms with Gasteiger partial charge in [-0.3, -0.25) is 9.89 Å². The molecule has 0 bridgehead atoms. The number of nitrogens with zero attached hydrogens (tertiary/aromatic N) is 2. The number of amides is 1. The van der Waals surface area contributed by atoms with Gasteiger partial charge in [-0.25, -0.2) is 0 Å². The highest BCUT2D eigenvalue weighted by molar-refractivity contribution is 6.07. The van der Waals surface area contributed by atoms with E-state index in [9.17, 15) is 4.79 Å². The quantitative estimate of drug-likeness (QED) is 0.649. The molecular formula is C19H22N4O2. The third kappa shape index (κ3) is 4.36. The van der Waals surface area contributed by atoms with Gasteiger partial charge >= 0.3 is 0 Å². The molecule has 3 aromatic rings. The van der Waals surface area contributed by atoms with Gasteiger partial charge in [-0.15, -0.1) is 0 Å². The van der Waals surface area contributed by atoms with Crippen LogP contribution in [0.15, 0.2) is 48.5 Å². The molecular weight excluding hydrogens is 316 g/mol. The highest BCUT2D eigenvalue weighted by Gasteiger charge is 2.11. The Morgan fingerprint density at radius 2 is 2.00 bits per heavy atom. The molecule has 1 heterocycles. The zero-order valence-electron chi connectivity index (χ0n) is 14.5. The summed E-state index contributed by atoms with van der Waals surface area (Å²) >= 11 is 0. The molecule has 0 aliphatic rings. The lowest BCUT2D eigenvalue weighted by atomic mass is 10.2. The summed E-state index contributed by atoms with van der Waals surface area (Å²) in [5.74, 6) is 1.12. The van der Waals surface area contributed by atoms with Crippen molar-refractivity contribution in [2.45, 2.75) is 6.42 Å². The normalized spacial score (nSPS) is 11.0. The first-order valence-electron chi connectivity index (χ1n) is 8.25. The van der Waals surface area contributed by atoms with Gasteiger partial charge in [0.2, 0.25) is 0 Å². The Bertz CT molecular complexity index is 843. The van der Waals surface area contributed by atoms with Crippen LogP contribution in [0.25, 0.3) is 10.9 Å². The van der Waals surface area contributed by atoms with Gasteiger partial charge in [-0.2, -0.15) is 5.10 Å². The second-order valence-electron chi connectivity index (χ2n) is 6.11. The number of nitrogens with one attached hydrogen (secondary N) is 2. The van der Waals surface area contributed by atoms with Crippen molar-refractivity contribution < 1.29 is 9.53 Å². The third-order valence-electron chi connectivity index (χ3n) is 3.82. The summed E-state index contributed by atoms with van der Waals surface area (Å²) < 4.78 is 5.76. The Hall–Kier alpha value is -2.86. The lowest BCUT2D eigenvalue weighted by molar-refractivity contribution is 0.102. The lowest BCUT2D eigenvalue weighted by Gasteiger charge is -2.10. The molecule has 2 aromatic carbocycles. The average Bonchev–Trinajstić information content (AvgIpc) is 3.01. The summed E-state index contributed by atoms with van der Waals surface area (Å²) in [4.78, 5) is 14.4. The second kappa shape index (κ2) is 7.81. The van der Waals surface area contributed by atoms with Gasteiger partial charge in [0.15, 0.2) is 5.82 Å². The SMILES string of the molecule is CN(C)CCCOc1ccc2c(NC(=O)c3ccccc3)n[nH]c2c1. The molecule has 25 heavy (non-hydrogen) atoms. The molecule has 6 heteroatoms. The first kappa shape index (κ1) is 17.0. The summed E-state index contributed by atoms with van der Waals surface area (Å²) in [5, 5.41) is 10.8. The van der Waals surface area contributed by atoms with Gasteiger partial charge in [0, 0.05) is 23.6 Å². The van der Waals surface area contributed by atoms with E-state index in [0.29, 0.717) is 18.0 Å². The number of aromatic nitrogens is 2. The minimum absolute atomic E-state index is 0.182. The van der Waals surface area contributed by atoms with Crippen LogP contribution in [0, 0.1) is 0 Å². The Morgan fingerprint density at radius 3 is 2.76 bits per heavy atom. The number of fused-ring (bicyclic) bond motifs is 1. The first-order chi connectivity index (χ1) is 12.1. The van der Waals surface area contributed by atoms with Crippen LogP contribution < -0.4 is 10.1 Å². The maximum absolute atomic E-state index is 12.3. The highest BCUT2D eigenvalue weighted by atomic mass is 16.5. The fourth-order valence-electron chi connectivity index (χ4n) is 2.52. The summed E-state index contributed by atoms with van der Waals surface area (Å²) in [6, 6.07) is 14.8. The summed E-state index contributed by atoms with van der Waals surface area (Å²) in [6.07, 6.45) is 0.965. The molecule has 1 amide bonds. The molecule has 6 nitrogen and oxygen atoms in total. The van der Waals surface area contributed by atoms with Gasteiger partial charge in [-0.1, -0.05) is 18.2 Å². The van der Waals surface area contributed by atoms with E-state index in [0.717, 1.165) is 29.6 Å². The molecule has 0 atom stereocenters. The fourth-order valence-corrected chi connectivity index (χ4v) is 2.52. The van der Waals surface area contributed by atoms with Gasteiger partial charge in [0.25, 0.3) is 5.91 Å². The molecule has 0 aliphatic heterocycles. The number of hydrogen-bond acceptors (Lipinski definition) is 4. The van der Waals surface area contributed by atoms with Crippen LogP contribution in [0.2, 0.25) is 0 Å². The fraction of sp³-hybridized carbons (Fsp3) is 0.263. The summed E-state index contributed by atoms with van der Waals surface area (Å²) in [6.45, 7) is 1.65. The number of benzene rings is 2. The van der Waals surface area contributed by atoms with Crippen molar-refractivity contribution in [3.05, 3.63) is 54.1 Å². The van der Waals surface area contributed by atoms with E-state index < -0.39 is 0 Å². The van der Waals surface area contributed by atoms with E-state index in [1.165, 1.54) is 0 Å². The predicted octanol–water partition coefficient (Wildman–Crippen LogP) is 3.15. The van der Waals surface area contributed by atoms with E-state index in [-0.39, 0.29) is 5.91 Å². The molecule has 0 saturated carbocycles. The van der Waals surface area contributed by atoms with Crippen LogP contribution in [0.4, 0.5) is 5.82 Å². The van der Waals surface area contributed by atoms with Gasteiger partial charge in [-0.05, 0) is 44.8 Å². The third-order valence-corrected chi connectivity index (χ3v) is 3.82. The lowest BCUT2D eigenvalue weighted by Crippen LogP contribution is -2.15. The molecule has 2 N–H and O–H groups in total. The molecule has 0 radical (unpaired) electrons. The Morgan fingerprint density at radius 1 is 1.20 bits per heavy atom. The Labute approximate surface area is 146 Å². The Kier molecular flexibility index (Phi) is 5.30. The van der Waals surface area contributed by atoms with E-state index in [2.05, 4.69) is 20.4 Å². The molecule has 0 aliphatic carbocycles. The van der Waals surface area contributed by atoms with Crippen LogP contribution in [0.5, 0.6) is 5.75 Å². The van der Waals surface area contributed by atoms with Crippen molar-refractivity contribution in [3.63, 3.8) is 0 Å². The number of ether oxygens (including phenoxy) is 1. The maximum Gasteiger partial charge on any atom is 0.256 e. The number of H-pyrrole nitrogens is 1. The average molecular weight is 338 g/mol. The maximum atomic E-state index is 12.3. The van der Waals surface area contributed by atoms with E-state index in [1.807, 2.05) is 50.5 Å². The molecule has 1 aromatic heterocycles. The monoisotopic (exact) mass is 338 g/mol. The number of rotatable bonds is 7. The minimum Gasteiger partial charge on any atom is -0.493 e. The predicted molar refractivity (Wildman–Crippen MR) is 99.2 cm³/mol. The van der Waals surface area contributed by atoms with Crippen LogP contribution in [-0.2, 0) is 0 Å². The molecule has 0 saturated heterocycles. The van der Waals surface area contributed by atoms with E-state index >= 15 is 0 Å². The summed E-state index contributed by atoms with van der Waals surface area (Å²) in [7, 11) is 4.09. The molecule has 0 unspecified atom stereocenters. The molecule has 3 rings (SSSR count). The van der Waals surface area contributed by atoms with Crippen molar-refractivity contribution in [2.24, 2.45) is 0 Å². The van der Waals surface area contributed by atoms with Crippen molar-refractivity contribution in [1.29, 1.82) is 0 Å². The second-order valence-corrected chi connectivity index (χ2v) is 6.11. The minimum atomic E-state index is -0.182. The van der Waals surface area contributed by atoms with E-state index in [4.69, 9.17) is 4.74 Å².